The molecule has 0 aromatic heterocycles. The molecule has 0 saturated heterocycles. The normalized spacial score (nSPS) is 12.3. The third kappa shape index (κ3) is 4.65. The molecule has 24 heavy (non-hydrogen) atoms. The zero-order valence-electron chi connectivity index (χ0n) is 12.9. The highest BCUT2D eigenvalue weighted by Crippen LogP contribution is 2.32. The highest BCUT2D eigenvalue weighted by atomic mass is 19.4. The van der Waals surface area contributed by atoms with E-state index in [0.717, 1.165) is 0 Å². The number of rotatable bonds is 5. The third-order valence-electron chi connectivity index (χ3n) is 3.37. The summed E-state index contributed by atoms with van der Waals surface area (Å²) in [5, 5.41) is 4.38. The predicted octanol–water partition coefficient (Wildman–Crippen LogP) is 3.80. The summed E-state index contributed by atoms with van der Waals surface area (Å²) in [6, 6.07) is 11.2. The molecule has 2 N–H and O–H groups in total. The Morgan fingerprint density at radius 1 is 1.08 bits per heavy atom. The number of halogens is 3. The van der Waals surface area contributed by atoms with Gasteiger partial charge in [0.15, 0.2) is 6.04 Å². The Labute approximate surface area is 137 Å². The Morgan fingerprint density at radius 2 is 1.71 bits per heavy atom. The van der Waals surface area contributed by atoms with Gasteiger partial charge in [-0.05, 0) is 11.6 Å². The Bertz CT molecular complexity index is 675. The molecule has 0 aliphatic carbocycles. The number of nitrogens with one attached hydrogen (secondary N) is 2. The molecule has 1 unspecified atom stereocenters. The average Bonchev–Trinajstić information content (AvgIpc) is 2.58. The molecular formula is C17H17F3N2O2. The quantitative estimate of drug-likeness (QED) is 0.871. The van der Waals surface area contributed by atoms with Crippen molar-refractivity contribution in [3.05, 3.63) is 65.7 Å². The number of methoxy groups -OCH3 is 1. The van der Waals surface area contributed by atoms with Crippen LogP contribution < -0.4 is 15.4 Å². The van der Waals surface area contributed by atoms with Crippen LogP contribution >= 0.6 is 0 Å². The van der Waals surface area contributed by atoms with Crippen LogP contribution in [-0.2, 0) is 6.54 Å². The zero-order valence-corrected chi connectivity index (χ0v) is 12.9. The molecule has 4 nitrogen and oxygen atoms in total. The lowest BCUT2D eigenvalue weighted by Gasteiger charge is -2.22. The van der Waals surface area contributed by atoms with Crippen LogP contribution in [0, 0.1) is 0 Å². The number of alkyl halides is 3. The maximum absolute atomic E-state index is 13.2. The van der Waals surface area contributed by atoms with Gasteiger partial charge in [0.1, 0.15) is 5.75 Å². The topological polar surface area (TPSA) is 50.4 Å². The summed E-state index contributed by atoms with van der Waals surface area (Å²) < 4.78 is 44.7. The molecular weight excluding hydrogens is 321 g/mol. The molecule has 2 aromatic carbocycles. The molecule has 0 spiro atoms. The first kappa shape index (κ1) is 17.7. The Hall–Kier alpha value is -2.70. The van der Waals surface area contributed by atoms with E-state index in [1.807, 2.05) is 5.32 Å². The molecule has 0 fully saturated rings. The lowest BCUT2D eigenvalue weighted by Crippen LogP contribution is -2.43. The number of carbonyl (C=O) groups excluding carboxylic acids is 1. The van der Waals surface area contributed by atoms with Crippen molar-refractivity contribution in [1.82, 2.24) is 10.6 Å². The Balaban J connectivity index is 2.03. The van der Waals surface area contributed by atoms with E-state index < -0.39 is 18.2 Å². The minimum absolute atomic E-state index is 0.0301. The van der Waals surface area contributed by atoms with E-state index in [1.54, 1.807) is 30.3 Å². The number of urea groups is 1. The minimum Gasteiger partial charge on any atom is -0.496 e. The van der Waals surface area contributed by atoms with Crippen molar-refractivity contribution in [1.29, 1.82) is 0 Å². The molecule has 0 aliphatic heterocycles. The highest BCUT2D eigenvalue weighted by molar-refractivity contribution is 5.74. The number of benzene rings is 2. The smallest absolute Gasteiger partial charge is 0.412 e. The third-order valence-corrected chi connectivity index (χ3v) is 3.37. The van der Waals surface area contributed by atoms with Crippen molar-refractivity contribution in [2.45, 2.75) is 18.8 Å². The van der Waals surface area contributed by atoms with Gasteiger partial charge in [-0.25, -0.2) is 4.79 Å². The van der Waals surface area contributed by atoms with Crippen molar-refractivity contribution < 1.29 is 22.7 Å². The van der Waals surface area contributed by atoms with Gasteiger partial charge in [-0.3, -0.25) is 0 Å². The fourth-order valence-electron chi connectivity index (χ4n) is 2.21. The van der Waals surface area contributed by atoms with E-state index in [0.29, 0.717) is 11.3 Å². The van der Waals surface area contributed by atoms with Crippen LogP contribution in [0.15, 0.2) is 54.6 Å². The van der Waals surface area contributed by atoms with E-state index in [-0.39, 0.29) is 12.1 Å². The number of ether oxygens (including phenoxy) is 1. The van der Waals surface area contributed by atoms with Crippen LogP contribution in [-0.4, -0.2) is 19.3 Å². The lowest BCUT2D eigenvalue weighted by atomic mass is 10.1. The number of hydrogen-bond acceptors (Lipinski definition) is 2. The van der Waals surface area contributed by atoms with Crippen molar-refractivity contribution in [3.8, 4) is 5.75 Å². The summed E-state index contributed by atoms with van der Waals surface area (Å²) in [6.07, 6.45) is -4.59. The predicted molar refractivity (Wildman–Crippen MR) is 83.6 cm³/mol. The SMILES string of the molecule is COc1ccccc1CNC(=O)NC(c1ccccc1)C(F)(F)F. The largest absolute Gasteiger partial charge is 0.496 e. The summed E-state index contributed by atoms with van der Waals surface area (Å²) in [4.78, 5) is 11.9. The fraction of sp³-hybridized carbons (Fsp3) is 0.235. The van der Waals surface area contributed by atoms with E-state index in [9.17, 15) is 18.0 Å². The number of hydrogen-bond donors (Lipinski definition) is 2. The number of para-hydroxylation sites is 1. The molecule has 2 aromatic rings. The van der Waals surface area contributed by atoms with Gasteiger partial charge in [-0.15, -0.1) is 0 Å². The molecule has 0 saturated carbocycles. The molecule has 0 radical (unpaired) electrons. The van der Waals surface area contributed by atoms with E-state index in [1.165, 1.54) is 31.4 Å². The van der Waals surface area contributed by atoms with Gasteiger partial charge in [0.05, 0.1) is 7.11 Å². The van der Waals surface area contributed by atoms with Crippen LogP contribution in [0.3, 0.4) is 0 Å². The summed E-state index contributed by atoms with van der Waals surface area (Å²) in [6.45, 7) is 0.0508. The number of amides is 2. The van der Waals surface area contributed by atoms with Crippen molar-refractivity contribution in [2.24, 2.45) is 0 Å². The lowest BCUT2D eigenvalue weighted by molar-refractivity contribution is -0.154. The first-order valence-electron chi connectivity index (χ1n) is 7.19. The minimum atomic E-state index is -4.59. The van der Waals surface area contributed by atoms with Gasteiger partial charge in [0.25, 0.3) is 0 Å². The van der Waals surface area contributed by atoms with Crippen LogP contribution in [0.4, 0.5) is 18.0 Å². The molecule has 128 valence electrons. The van der Waals surface area contributed by atoms with Gasteiger partial charge in [-0.1, -0.05) is 48.5 Å². The number of carbonyl (C=O) groups is 1. The second-order valence-corrected chi connectivity index (χ2v) is 5.02. The van der Waals surface area contributed by atoms with E-state index in [2.05, 4.69) is 5.32 Å². The summed E-state index contributed by atoms with van der Waals surface area (Å²) in [5.41, 5.74) is 0.635. The van der Waals surface area contributed by atoms with Crippen molar-refractivity contribution in [3.63, 3.8) is 0 Å². The maximum Gasteiger partial charge on any atom is 0.412 e. The molecule has 0 bridgehead atoms. The van der Waals surface area contributed by atoms with Crippen LogP contribution in [0.1, 0.15) is 17.2 Å². The van der Waals surface area contributed by atoms with Crippen molar-refractivity contribution >= 4 is 6.03 Å². The van der Waals surface area contributed by atoms with Gasteiger partial charge in [-0.2, -0.15) is 13.2 Å². The summed E-state index contributed by atoms with van der Waals surface area (Å²) >= 11 is 0. The second kappa shape index (κ2) is 7.72. The van der Waals surface area contributed by atoms with Crippen LogP contribution in [0.25, 0.3) is 0 Å². The Kier molecular flexibility index (Phi) is 5.68. The monoisotopic (exact) mass is 338 g/mol. The first-order chi connectivity index (χ1) is 11.4. The maximum atomic E-state index is 13.2. The van der Waals surface area contributed by atoms with Crippen LogP contribution in [0.2, 0.25) is 0 Å². The second-order valence-electron chi connectivity index (χ2n) is 5.02. The summed E-state index contributed by atoms with van der Waals surface area (Å²) in [5.74, 6) is 0.549. The van der Waals surface area contributed by atoms with E-state index in [4.69, 9.17) is 4.74 Å². The fourth-order valence-corrected chi connectivity index (χ4v) is 2.21. The van der Waals surface area contributed by atoms with Gasteiger partial charge >= 0.3 is 12.2 Å². The highest BCUT2D eigenvalue weighted by Gasteiger charge is 2.41. The molecule has 2 amide bonds. The zero-order chi connectivity index (χ0) is 17.6. The van der Waals surface area contributed by atoms with Gasteiger partial charge in [0.2, 0.25) is 0 Å². The average molecular weight is 338 g/mol. The van der Waals surface area contributed by atoms with Gasteiger partial charge < -0.3 is 15.4 Å². The van der Waals surface area contributed by atoms with Gasteiger partial charge in [0, 0.05) is 12.1 Å². The Morgan fingerprint density at radius 3 is 2.33 bits per heavy atom. The summed E-state index contributed by atoms with van der Waals surface area (Å²) in [7, 11) is 1.48. The molecule has 0 heterocycles. The van der Waals surface area contributed by atoms with Crippen LogP contribution in [0.5, 0.6) is 5.75 Å². The van der Waals surface area contributed by atoms with Crippen molar-refractivity contribution in [2.75, 3.05) is 7.11 Å². The molecule has 7 heteroatoms. The van der Waals surface area contributed by atoms with E-state index >= 15 is 0 Å². The molecule has 0 aliphatic rings. The molecule has 2 rings (SSSR count). The first-order valence-corrected chi connectivity index (χ1v) is 7.19. The standard InChI is InChI=1S/C17H17F3N2O2/c1-24-14-10-6-5-9-13(14)11-21-16(23)22-15(17(18,19)20)12-7-3-2-4-8-12/h2-10,15H,11H2,1H3,(H2,21,22,23). The molecule has 1 atom stereocenters.